The van der Waals surface area contributed by atoms with Crippen molar-refractivity contribution in [3.05, 3.63) is 46.5 Å². The van der Waals surface area contributed by atoms with Gasteiger partial charge in [-0.05, 0) is 18.4 Å². The van der Waals surface area contributed by atoms with E-state index in [1.807, 2.05) is 29.6 Å². The van der Waals surface area contributed by atoms with Gasteiger partial charge in [-0.2, -0.15) is 0 Å². The first-order valence-electron chi connectivity index (χ1n) is 6.09. The lowest BCUT2D eigenvalue weighted by atomic mass is 9.90. The maximum absolute atomic E-state index is 12.0. The number of carbonyl (C=O) groups excluding carboxylic acids is 1. The van der Waals surface area contributed by atoms with Crippen LogP contribution in [0.15, 0.2) is 29.6 Å². The number of hydrogen-bond donors (Lipinski definition) is 1. The third-order valence-electron chi connectivity index (χ3n) is 3.43. The zero-order valence-electron chi connectivity index (χ0n) is 9.93. The number of benzene rings is 1. The van der Waals surface area contributed by atoms with Crippen LogP contribution in [0.5, 0.6) is 0 Å². The molecule has 0 amide bonds. The van der Waals surface area contributed by atoms with Crippen molar-refractivity contribution in [2.45, 2.75) is 25.2 Å². The van der Waals surface area contributed by atoms with E-state index in [0.29, 0.717) is 11.6 Å². The van der Waals surface area contributed by atoms with Gasteiger partial charge in [0.1, 0.15) is 0 Å². The third kappa shape index (κ3) is 1.93. The summed E-state index contributed by atoms with van der Waals surface area (Å²) in [5.41, 5.74) is 8.67. The number of anilines is 1. The SMILES string of the molecule is Nc1nc(C2CCCC(=O)c3ccccc32)cs1. The highest BCUT2D eigenvalue weighted by Gasteiger charge is 2.25. The summed E-state index contributed by atoms with van der Waals surface area (Å²) in [5, 5.41) is 2.60. The van der Waals surface area contributed by atoms with Crippen molar-refractivity contribution in [1.29, 1.82) is 0 Å². The van der Waals surface area contributed by atoms with Crippen molar-refractivity contribution < 1.29 is 4.79 Å². The summed E-state index contributed by atoms with van der Waals surface area (Å²) in [6.45, 7) is 0. The minimum Gasteiger partial charge on any atom is -0.375 e. The molecule has 1 atom stereocenters. The second kappa shape index (κ2) is 4.53. The van der Waals surface area contributed by atoms with E-state index in [9.17, 15) is 4.79 Å². The van der Waals surface area contributed by atoms with Crippen LogP contribution in [-0.2, 0) is 0 Å². The first kappa shape index (κ1) is 11.4. The van der Waals surface area contributed by atoms with Crippen LogP contribution in [0.1, 0.15) is 46.8 Å². The number of nitrogens with two attached hydrogens (primary N) is 1. The van der Waals surface area contributed by atoms with E-state index in [2.05, 4.69) is 4.98 Å². The Hall–Kier alpha value is -1.68. The van der Waals surface area contributed by atoms with Crippen molar-refractivity contribution in [2.24, 2.45) is 0 Å². The molecule has 0 radical (unpaired) electrons. The third-order valence-corrected chi connectivity index (χ3v) is 4.12. The van der Waals surface area contributed by atoms with E-state index in [1.54, 1.807) is 0 Å². The van der Waals surface area contributed by atoms with Crippen LogP contribution in [0.3, 0.4) is 0 Å². The predicted molar refractivity (Wildman–Crippen MR) is 73.0 cm³/mol. The molecular formula is C14H14N2OS. The highest BCUT2D eigenvalue weighted by atomic mass is 32.1. The number of rotatable bonds is 1. The Morgan fingerprint density at radius 2 is 2.17 bits per heavy atom. The summed E-state index contributed by atoms with van der Waals surface area (Å²) in [6.07, 6.45) is 2.51. The first-order valence-corrected chi connectivity index (χ1v) is 6.96. The highest BCUT2D eigenvalue weighted by Crippen LogP contribution is 2.36. The molecule has 1 aromatic heterocycles. The van der Waals surface area contributed by atoms with Gasteiger partial charge in [0.05, 0.1) is 5.69 Å². The van der Waals surface area contributed by atoms with Crippen LogP contribution in [0, 0.1) is 0 Å². The monoisotopic (exact) mass is 258 g/mol. The van der Waals surface area contributed by atoms with E-state index >= 15 is 0 Å². The Balaban J connectivity index is 2.10. The molecule has 0 aliphatic heterocycles. The molecule has 0 spiro atoms. The molecule has 4 heteroatoms. The number of hydrogen-bond acceptors (Lipinski definition) is 4. The molecule has 1 aromatic carbocycles. The Morgan fingerprint density at radius 1 is 1.33 bits per heavy atom. The molecule has 18 heavy (non-hydrogen) atoms. The maximum Gasteiger partial charge on any atom is 0.180 e. The van der Waals surface area contributed by atoms with Gasteiger partial charge in [0, 0.05) is 23.3 Å². The lowest BCUT2D eigenvalue weighted by Crippen LogP contribution is -2.05. The summed E-state index contributed by atoms with van der Waals surface area (Å²) in [6, 6.07) is 7.87. The molecule has 0 saturated heterocycles. The van der Waals surface area contributed by atoms with Crippen molar-refractivity contribution in [3.8, 4) is 0 Å². The van der Waals surface area contributed by atoms with Crippen molar-refractivity contribution in [2.75, 3.05) is 5.73 Å². The maximum atomic E-state index is 12.0. The summed E-state index contributed by atoms with van der Waals surface area (Å²) >= 11 is 1.46. The van der Waals surface area contributed by atoms with Crippen LogP contribution in [0.2, 0.25) is 0 Å². The number of thiazole rings is 1. The van der Waals surface area contributed by atoms with Crippen LogP contribution >= 0.6 is 11.3 Å². The summed E-state index contributed by atoms with van der Waals surface area (Å²) in [5.74, 6) is 0.456. The number of Topliss-reactive ketones (excluding diaryl/α,β-unsaturated/α-hetero) is 1. The van der Waals surface area contributed by atoms with Gasteiger partial charge < -0.3 is 5.73 Å². The Bertz CT molecular complexity index is 591. The second-order valence-corrected chi connectivity index (χ2v) is 5.46. The summed E-state index contributed by atoms with van der Waals surface area (Å²) in [4.78, 5) is 16.4. The molecule has 2 aromatic rings. The molecule has 1 unspecified atom stereocenters. The molecule has 2 N–H and O–H groups in total. The van der Waals surface area contributed by atoms with E-state index < -0.39 is 0 Å². The number of aromatic nitrogens is 1. The molecule has 1 aliphatic rings. The standard InChI is InChI=1S/C14H14N2OS/c15-14-16-12(8-18-14)10-6-3-7-13(17)11-5-2-1-4-9(10)11/h1-2,4-5,8,10H,3,6-7H2,(H2,15,16). The molecule has 1 heterocycles. The quantitative estimate of drug-likeness (QED) is 0.799. The van der Waals surface area contributed by atoms with Gasteiger partial charge >= 0.3 is 0 Å². The lowest BCUT2D eigenvalue weighted by molar-refractivity contribution is 0.0982. The van der Waals surface area contributed by atoms with Gasteiger partial charge in [-0.15, -0.1) is 11.3 Å². The highest BCUT2D eigenvalue weighted by molar-refractivity contribution is 7.13. The van der Waals surface area contributed by atoms with Gasteiger partial charge in [-0.3, -0.25) is 4.79 Å². The van der Waals surface area contributed by atoms with E-state index in [-0.39, 0.29) is 11.7 Å². The molecular weight excluding hydrogens is 244 g/mol. The fraction of sp³-hybridized carbons (Fsp3) is 0.286. The minimum atomic E-state index is 0.209. The van der Waals surface area contributed by atoms with E-state index in [0.717, 1.165) is 29.7 Å². The number of fused-ring (bicyclic) bond motifs is 1. The van der Waals surface area contributed by atoms with E-state index in [4.69, 9.17) is 5.73 Å². The van der Waals surface area contributed by atoms with Crippen molar-refractivity contribution >= 4 is 22.3 Å². The van der Waals surface area contributed by atoms with Crippen LogP contribution in [0.25, 0.3) is 0 Å². The average Bonchev–Trinajstić information content (AvgIpc) is 2.73. The Kier molecular flexibility index (Phi) is 2.88. The van der Waals surface area contributed by atoms with Gasteiger partial charge in [-0.1, -0.05) is 24.3 Å². The normalized spacial score (nSPS) is 19.3. The molecule has 0 fully saturated rings. The molecule has 3 nitrogen and oxygen atoms in total. The minimum absolute atomic E-state index is 0.209. The molecule has 1 aliphatic carbocycles. The topological polar surface area (TPSA) is 56.0 Å². The largest absolute Gasteiger partial charge is 0.375 e. The van der Waals surface area contributed by atoms with E-state index in [1.165, 1.54) is 11.3 Å². The second-order valence-electron chi connectivity index (χ2n) is 4.57. The van der Waals surface area contributed by atoms with Gasteiger partial charge in [0.25, 0.3) is 0 Å². The fourth-order valence-electron chi connectivity index (χ4n) is 2.58. The van der Waals surface area contributed by atoms with Gasteiger partial charge in [0.15, 0.2) is 10.9 Å². The fourth-order valence-corrected chi connectivity index (χ4v) is 3.20. The Morgan fingerprint density at radius 3 is 2.94 bits per heavy atom. The summed E-state index contributed by atoms with van der Waals surface area (Å²) in [7, 11) is 0. The Labute approximate surface area is 110 Å². The molecule has 92 valence electrons. The number of nitrogen functional groups attached to an aromatic ring is 1. The number of ketones is 1. The van der Waals surface area contributed by atoms with Crippen LogP contribution in [0.4, 0.5) is 5.13 Å². The van der Waals surface area contributed by atoms with Crippen molar-refractivity contribution in [3.63, 3.8) is 0 Å². The first-order chi connectivity index (χ1) is 8.75. The number of nitrogens with zero attached hydrogens (tertiary/aromatic N) is 1. The predicted octanol–water partition coefficient (Wildman–Crippen LogP) is 3.22. The molecule has 0 saturated carbocycles. The zero-order chi connectivity index (χ0) is 12.5. The summed E-state index contributed by atoms with van der Waals surface area (Å²) < 4.78 is 0. The van der Waals surface area contributed by atoms with Gasteiger partial charge in [-0.25, -0.2) is 4.98 Å². The molecule has 3 rings (SSSR count). The molecule has 0 bridgehead atoms. The zero-order valence-corrected chi connectivity index (χ0v) is 10.7. The van der Waals surface area contributed by atoms with Crippen molar-refractivity contribution in [1.82, 2.24) is 4.98 Å². The lowest BCUT2D eigenvalue weighted by Gasteiger charge is -2.14. The van der Waals surface area contributed by atoms with Gasteiger partial charge in [0.2, 0.25) is 0 Å². The van der Waals surface area contributed by atoms with Crippen LogP contribution < -0.4 is 5.73 Å². The van der Waals surface area contributed by atoms with Crippen LogP contribution in [-0.4, -0.2) is 10.8 Å². The average molecular weight is 258 g/mol. The smallest absolute Gasteiger partial charge is 0.180 e. The number of carbonyl (C=O) groups is 1.